The number of nitriles is 1. The van der Waals surface area contributed by atoms with Crippen LogP contribution < -0.4 is 0 Å². The number of amides is 2. The number of nitrogens with zero attached hydrogens (tertiary/aromatic N) is 4. The van der Waals surface area contributed by atoms with E-state index < -0.39 is 0 Å². The molecule has 0 N–H and O–H groups in total. The zero-order chi connectivity index (χ0) is 25.1. The van der Waals surface area contributed by atoms with Crippen molar-refractivity contribution in [3.63, 3.8) is 0 Å². The van der Waals surface area contributed by atoms with Gasteiger partial charge in [0, 0.05) is 55.7 Å². The lowest BCUT2D eigenvalue weighted by atomic mass is 9.94. The van der Waals surface area contributed by atoms with Crippen molar-refractivity contribution in [3.8, 4) is 6.07 Å². The Kier molecular flexibility index (Phi) is 6.99. The predicted octanol–water partition coefficient (Wildman–Crippen LogP) is 4.89. The maximum absolute atomic E-state index is 14.0. The standard InChI is InChI=1S/C30H32N4O2/c1-21-6-5-15-33(16-13-21)30(36)29-24-9-2-3-10-26(24)32-27-14-17-34(20-25(27)29)28(35)12-11-22-7-4-8-23(18-22)19-31/h2-4,7-10,18,21H,5-6,11-17,20H2,1H3. The molecule has 1 saturated heterocycles. The minimum atomic E-state index is 0.0677. The number of likely N-dealkylation sites (tertiary alicyclic amines) is 1. The van der Waals surface area contributed by atoms with Gasteiger partial charge >= 0.3 is 0 Å². The number of hydrogen-bond acceptors (Lipinski definition) is 4. The number of hydrogen-bond donors (Lipinski definition) is 0. The van der Waals surface area contributed by atoms with E-state index >= 15 is 0 Å². The lowest BCUT2D eigenvalue weighted by Crippen LogP contribution is -2.39. The van der Waals surface area contributed by atoms with Crippen molar-refractivity contribution in [2.75, 3.05) is 19.6 Å². The highest BCUT2D eigenvalue weighted by molar-refractivity contribution is 6.07. The Bertz CT molecular complexity index is 1340. The SMILES string of the molecule is CC1CCCN(C(=O)c2c3c(nc4ccccc24)CCN(C(=O)CCc2cccc(C#N)c2)C3)CC1. The number of para-hydroxylation sites is 1. The number of aryl methyl sites for hydroxylation is 1. The molecule has 0 bridgehead atoms. The highest BCUT2D eigenvalue weighted by Gasteiger charge is 2.30. The van der Waals surface area contributed by atoms with Crippen LogP contribution in [0.3, 0.4) is 0 Å². The number of pyridine rings is 1. The number of fused-ring (bicyclic) bond motifs is 2. The maximum Gasteiger partial charge on any atom is 0.254 e. The van der Waals surface area contributed by atoms with Gasteiger partial charge < -0.3 is 9.80 Å². The molecule has 0 saturated carbocycles. The van der Waals surface area contributed by atoms with E-state index in [-0.39, 0.29) is 11.8 Å². The molecule has 3 heterocycles. The largest absolute Gasteiger partial charge is 0.339 e. The molecule has 1 atom stereocenters. The third kappa shape index (κ3) is 4.97. The highest BCUT2D eigenvalue weighted by Crippen LogP contribution is 2.30. The maximum atomic E-state index is 14.0. The molecule has 3 aromatic rings. The Morgan fingerprint density at radius 2 is 1.92 bits per heavy atom. The van der Waals surface area contributed by atoms with Gasteiger partial charge in [-0.15, -0.1) is 0 Å². The van der Waals surface area contributed by atoms with Crippen molar-refractivity contribution >= 4 is 22.7 Å². The third-order valence-corrected chi connectivity index (χ3v) is 7.60. The van der Waals surface area contributed by atoms with E-state index in [0.29, 0.717) is 43.8 Å². The van der Waals surface area contributed by atoms with Crippen molar-refractivity contribution in [3.05, 3.63) is 76.5 Å². The van der Waals surface area contributed by atoms with Gasteiger partial charge in [-0.1, -0.05) is 37.3 Å². The Hall–Kier alpha value is -3.72. The number of rotatable bonds is 4. The molecule has 2 aliphatic heterocycles. The zero-order valence-electron chi connectivity index (χ0n) is 20.9. The van der Waals surface area contributed by atoms with Crippen molar-refractivity contribution in [2.24, 2.45) is 5.92 Å². The molecule has 1 unspecified atom stereocenters. The second-order valence-electron chi connectivity index (χ2n) is 10.1. The molecule has 0 aliphatic carbocycles. The lowest BCUT2D eigenvalue weighted by Gasteiger charge is -2.31. The predicted molar refractivity (Wildman–Crippen MR) is 139 cm³/mol. The number of carbonyl (C=O) groups excluding carboxylic acids is 2. The molecular weight excluding hydrogens is 448 g/mol. The van der Waals surface area contributed by atoms with Crippen LogP contribution in [0.1, 0.15) is 65.3 Å². The smallest absolute Gasteiger partial charge is 0.254 e. The average Bonchev–Trinajstić information content (AvgIpc) is 3.14. The summed E-state index contributed by atoms with van der Waals surface area (Å²) in [5, 5.41) is 10.0. The summed E-state index contributed by atoms with van der Waals surface area (Å²) < 4.78 is 0. The fraction of sp³-hybridized carbons (Fsp3) is 0.400. The summed E-state index contributed by atoms with van der Waals surface area (Å²) in [6.07, 6.45) is 4.81. The summed E-state index contributed by atoms with van der Waals surface area (Å²) in [7, 11) is 0. The van der Waals surface area contributed by atoms with E-state index in [9.17, 15) is 9.59 Å². The number of carbonyl (C=O) groups is 2. The van der Waals surface area contributed by atoms with Gasteiger partial charge in [0.25, 0.3) is 5.91 Å². The van der Waals surface area contributed by atoms with Crippen molar-refractivity contribution in [1.82, 2.24) is 14.8 Å². The first-order valence-corrected chi connectivity index (χ1v) is 13.0. The Labute approximate surface area is 212 Å². The van der Waals surface area contributed by atoms with Crippen LogP contribution in [0.4, 0.5) is 0 Å². The van der Waals surface area contributed by atoms with E-state index in [1.54, 1.807) is 6.07 Å². The van der Waals surface area contributed by atoms with Crippen LogP contribution in [0.2, 0.25) is 0 Å². The minimum Gasteiger partial charge on any atom is -0.339 e. The number of benzene rings is 2. The highest BCUT2D eigenvalue weighted by atomic mass is 16.2. The summed E-state index contributed by atoms with van der Waals surface area (Å²) in [5.41, 5.74) is 5.01. The molecule has 0 spiro atoms. The fourth-order valence-electron chi connectivity index (χ4n) is 5.48. The zero-order valence-corrected chi connectivity index (χ0v) is 20.9. The first-order chi connectivity index (χ1) is 17.5. The van der Waals surface area contributed by atoms with Crippen LogP contribution in [0.5, 0.6) is 0 Å². The van der Waals surface area contributed by atoms with Gasteiger partial charge in [0.15, 0.2) is 0 Å². The summed E-state index contributed by atoms with van der Waals surface area (Å²) in [5.74, 6) is 0.771. The molecule has 2 aliphatic rings. The van der Waals surface area contributed by atoms with Gasteiger partial charge in [-0.2, -0.15) is 5.26 Å². The molecule has 1 aromatic heterocycles. The first-order valence-electron chi connectivity index (χ1n) is 13.0. The lowest BCUT2D eigenvalue weighted by molar-refractivity contribution is -0.132. The second kappa shape index (κ2) is 10.5. The molecule has 1 fully saturated rings. The van der Waals surface area contributed by atoms with Crippen LogP contribution in [0.15, 0.2) is 48.5 Å². The molecule has 0 radical (unpaired) electrons. The van der Waals surface area contributed by atoms with Crippen LogP contribution in [-0.2, 0) is 24.2 Å². The Morgan fingerprint density at radius 1 is 1.06 bits per heavy atom. The Balaban J connectivity index is 1.41. The molecule has 2 aromatic carbocycles. The summed E-state index contributed by atoms with van der Waals surface area (Å²) in [6.45, 7) is 4.83. The molecule has 184 valence electrons. The van der Waals surface area contributed by atoms with E-state index in [4.69, 9.17) is 10.2 Å². The van der Waals surface area contributed by atoms with Gasteiger partial charge in [-0.25, -0.2) is 0 Å². The van der Waals surface area contributed by atoms with Gasteiger partial charge in [-0.05, 0) is 55.4 Å². The number of aromatic nitrogens is 1. The summed E-state index contributed by atoms with van der Waals surface area (Å²) in [6, 6.07) is 17.5. The summed E-state index contributed by atoms with van der Waals surface area (Å²) >= 11 is 0. The normalized spacial score (nSPS) is 17.8. The topological polar surface area (TPSA) is 77.3 Å². The van der Waals surface area contributed by atoms with Crippen LogP contribution in [0, 0.1) is 17.2 Å². The molecular formula is C30H32N4O2. The first kappa shape index (κ1) is 24.0. The molecule has 2 amide bonds. The third-order valence-electron chi connectivity index (χ3n) is 7.60. The van der Waals surface area contributed by atoms with Gasteiger partial charge in [0.1, 0.15) is 0 Å². The molecule has 36 heavy (non-hydrogen) atoms. The van der Waals surface area contributed by atoms with Crippen molar-refractivity contribution in [1.29, 1.82) is 5.26 Å². The van der Waals surface area contributed by atoms with Gasteiger partial charge in [0.2, 0.25) is 5.91 Å². The second-order valence-corrected chi connectivity index (χ2v) is 10.1. The van der Waals surface area contributed by atoms with E-state index in [1.807, 2.05) is 52.3 Å². The van der Waals surface area contributed by atoms with Gasteiger partial charge in [-0.3, -0.25) is 14.6 Å². The molecule has 6 heteroatoms. The van der Waals surface area contributed by atoms with Crippen LogP contribution in [-0.4, -0.2) is 46.2 Å². The van der Waals surface area contributed by atoms with E-state index in [1.165, 1.54) is 0 Å². The van der Waals surface area contributed by atoms with Crippen LogP contribution >= 0.6 is 0 Å². The van der Waals surface area contributed by atoms with Crippen LogP contribution in [0.25, 0.3) is 10.9 Å². The Morgan fingerprint density at radius 3 is 2.78 bits per heavy atom. The molecule has 5 rings (SSSR count). The fourth-order valence-corrected chi connectivity index (χ4v) is 5.48. The quantitative estimate of drug-likeness (QED) is 0.533. The molecule has 6 nitrogen and oxygen atoms in total. The average molecular weight is 481 g/mol. The minimum absolute atomic E-state index is 0.0677. The monoisotopic (exact) mass is 480 g/mol. The van der Waals surface area contributed by atoms with E-state index in [2.05, 4.69) is 13.0 Å². The van der Waals surface area contributed by atoms with Gasteiger partial charge in [0.05, 0.1) is 22.7 Å². The van der Waals surface area contributed by atoms with Crippen molar-refractivity contribution < 1.29 is 9.59 Å². The summed E-state index contributed by atoms with van der Waals surface area (Å²) in [4.78, 5) is 35.9. The van der Waals surface area contributed by atoms with E-state index in [0.717, 1.165) is 65.6 Å². The van der Waals surface area contributed by atoms with Crippen molar-refractivity contribution in [2.45, 2.75) is 52.0 Å².